The van der Waals surface area contributed by atoms with Gasteiger partial charge in [-0.3, -0.25) is 19.3 Å². The van der Waals surface area contributed by atoms with Crippen molar-refractivity contribution in [2.45, 2.75) is 70.4 Å². The van der Waals surface area contributed by atoms with E-state index in [1.807, 2.05) is 31.2 Å². The van der Waals surface area contributed by atoms with Crippen LogP contribution in [0.3, 0.4) is 0 Å². The number of anilines is 2. The van der Waals surface area contributed by atoms with E-state index >= 15 is 0 Å². The zero-order chi connectivity index (χ0) is 29.7. The summed E-state index contributed by atoms with van der Waals surface area (Å²) in [5, 5.41) is 5.98. The highest BCUT2D eigenvalue weighted by atomic mass is 16.5. The summed E-state index contributed by atoms with van der Waals surface area (Å²) in [5.74, 6) is 0.846. The van der Waals surface area contributed by atoms with E-state index in [4.69, 9.17) is 9.47 Å². The van der Waals surface area contributed by atoms with Gasteiger partial charge in [-0.25, -0.2) is 4.98 Å². The average molecular weight is 573 g/mol. The predicted octanol–water partition coefficient (Wildman–Crippen LogP) is 5.82. The number of nitrogens with zero attached hydrogens (tertiary/aromatic N) is 2. The third kappa shape index (κ3) is 8.31. The summed E-state index contributed by atoms with van der Waals surface area (Å²) >= 11 is 0. The molecule has 1 heterocycles. The van der Waals surface area contributed by atoms with Gasteiger partial charge in [0, 0.05) is 25.1 Å². The van der Waals surface area contributed by atoms with Crippen LogP contribution in [0.2, 0.25) is 0 Å². The molecule has 0 spiro atoms. The van der Waals surface area contributed by atoms with Gasteiger partial charge in [-0.1, -0.05) is 49.6 Å². The van der Waals surface area contributed by atoms with Crippen molar-refractivity contribution in [3.05, 3.63) is 78.5 Å². The van der Waals surface area contributed by atoms with Crippen LogP contribution in [0, 0.1) is 0 Å². The van der Waals surface area contributed by atoms with Gasteiger partial charge in [0.15, 0.2) is 0 Å². The number of para-hydroxylation sites is 2. The maximum atomic E-state index is 14.1. The maximum absolute atomic E-state index is 14.1. The number of carbonyl (C=O) groups excluding carboxylic acids is 3. The largest absolute Gasteiger partial charge is 0.497 e. The predicted molar refractivity (Wildman–Crippen MR) is 163 cm³/mol. The lowest BCUT2D eigenvalue weighted by Gasteiger charge is -2.34. The third-order valence-corrected chi connectivity index (χ3v) is 7.31. The molecule has 2 N–H and O–H groups in total. The Labute approximate surface area is 247 Å². The number of aromatic nitrogens is 1. The topological polar surface area (TPSA) is 110 Å². The minimum absolute atomic E-state index is 0.0550. The van der Waals surface area contributed by atoms with E-state index in [1.165, 1.54) is 4.90 Å². The molecule has 0 aliphatic heterocycles. The van der Waals surface area contributed by atoms with E-state index in [9.17, 15) is 14.4 Å². The third-order valence-electron chi connectivity index (χ3n) is 7.31. The minimum atomic E-state index is -0.950. The zero-order valence-electron chi connectivity index (χ0n) is 24.4. The number of hydrogen-bond acceptors (Lipinski definition) is 6. The van der Waals surface area contributed by atoms with Crippen LogP contribution in [-0.2, 0) is 14.4 Å². The normalized spacial score (nSPS) is 14.0. The quantitative estimate of drug-likeness (QED) is 0.267. The van der Waals surface area contributed by atoms with Crippen molar-refractivity contribution in [1.29, 1.82) is 0 Å². The molecule has 3 aromatic rings. The number of nitrogens with one attached hydrogen (secondary N) is 2. The molecule has 1 aliphatic rings. The number of ether oxygens (including phenoxy) is 2. The monoisotopic (exact) mass is 572 g/mol. The van der Waals surface area contributed by atoms with Crippen LogP contribution in [0.25, 0.3) is 0 Å². The van der Waals surface area contributed by atoms with Crippen molar-refractivity contribution >= 4 is 29.2 Å². The number of benzene rings is 2. The van der Waals surface area contributed by atoms with Gasteiger partial charge in [0.25, 0.3) is 0 Å². The molecule has 9 nitrogen and oxygen atoms in total. The van der Waals surface area contributed by atoms with Gasteiger partial charge in [0.2, 0.25) is 17.7 Å². The molecule has 2 aromatic carbocycles. The molecule has 0 unspecified atom stereocenters. The van der Waals surface area contributed by atoms with Gasteiger partial charge >= 0.3 is 0 Å². The van der Waals surface area contributed by atoms with Crippen LogP contribution < -0.4 is 25.0 Å². The summed E-state index contributed by atoms with van der Waals surface area (Å²) in [4.78, 5) is 46.4. The van der Waals surface area contributed by atoms with Gasteiger partial charge in [-0.15, -0.1) is 0 Å². The number of pyridine rings is 1. The lowest BCUT2D eigenvalue weighted by Crippen LogP contribution is -2.47. The summed E-state index contributed by atoms with van der Waals surface area (Å²) in [6, 6.07) is 18.8. The molecule has 4 rings (SSSR count). The molecular formula is C33H40N4O5. The van der Waals surface area contributed by atoms with Crippen LogP contribution in [0.15, 0.2) is 72.9 Å². The standard InChI is InChI=1S/C33H40N4O5/c1-3-42-28-15-8-7-14-27(28)37(31(39)18-11-17-30(38)36-29-16-9-10-23-34-29)32(24-19-21-26(41-2)22-20-24)33(40)35-25-12-5-4-6-13-25/h7-10,14-16,19-23,25,32H,3-6,11-13,17-18H2,1-2H3,(H,35,40)(H,34,36,38)/t32-/m1/s1. The second kappa shape index (κ2) is 15.6. The molecule has 0 radical (unpaired) electrons. The van der Waals surface area contributed by atoms with E-state index < -0.39 is 6.04 Å². The van der Waals surface area contributed by atoms with Gasteiger partial charge < -0.3 is 20.1 Å². The first kappa shape index (κ1) is 30.6. The molecule has 1 aromatic heterocycles. The van der Waals surface area contributed by atoms with Crippen LogP contribution in [0.5, 0.6) is 11.5 Å². The Morgan fingerprint density at radius 1 is 0.952 bits per heavy atom. The van der Waals surface area contributed by atoms with Gasteiger partial charge in [-0.2, -0.15) is 0 Å². The second-order valence-corrected chi connectivity index (χ2v) is 10.3. The van der Waals surface area contributed by atoms with Crippen molar-refractivity contribution in [3.63, 3.8) is 0 Å². The summed E-state index contributed by atoms with van der Waals surface area (Å²) in [6.45, 7) is 2.27. The number of hydrogen-bond donors (Lipinski definition) is 2. The number of carbonyl (C=O) groups is 3. The second-order valence-electron chi connectivity index (χ2n) is 10.3. The van der Waals surface area contributed by atoms with Crippen molar-refractivity contribution in [2.75, 3.05) is 23.9 Å². The van der Waals surface area contributed by atoms with Crippen molar-refractivity contribution in [3.8, 4) is 11.5 Å². The van der Waals surface area contributed by atoms with Crippen molar-refractivity contribution in [1.82, 2.24) is 10.3 Å². The molecule has 0 bridgehead atoms. The number of rotatable bonds is 13. The van der Waals surface area contributed by atoms with Crippen molar-refractivity contribution < 1.29 is 23.9 Å². The van der Waals surface area contributed by atoms with E-state index in [0.29, 0.717) is 41.6 Å². The summed E-state index contributed by atoms with van der Waals surface area (Å²) in [7, 11) is 1.58. The van der Waals surface area contributed by atoms with E-state index in [2.05, 4.69) is 15.6 Å². The molecule has 0 saturated heterocycles. The lowest BCUT2D eigenvalue weighted by molar-refractivity contribution is -0.127. The first-order valence-corrected chi connectivity index (χ1v) is 14.7. The SMILES string of the molecule is CCOc1ccccc1N(C(=O)CCCC(=O)Nc1ccccn1)[C@@H](C(=O)NC1CCCCC1)c1ccc(OC)cc1. The number of methoxy groups -OCH3 is 1. The fourth-order valence-electron chi connectivity index (χ4n) is 5.24. The lowest BCUT2D eigenvalue weighted by atomic mass is 9.94. The van der Waals surface area contributed by atoms with Crippen LogP contribution in [0.4, 0.5) is 11.5 Å². The molecule has 1 aliphatic carbocycles. The summed E-state index contributed by atoms with van der Waals surface area (Å²) in [5.41, 5.74) is 1.15. The van der Waals surface area contributed by atoms with Gasteiger partial charge in [0.1, 0.15) is 23.4 Å². The maximum Gasteiger partial charge on any atom is 0.248 e. The molecule has 1 atom stereocenters. The molecule has 9 heteroatoms. The van der Waals surface area contributed by atoms with E-state index in [0.717, 1.165) is 32.1 Å². The smallest absolute Gasteiger partial charge is 0.248 e. The van der Waals surface area contributed by atoms with E-state index in [-0.39, 0.29) is 36.6 Å². The Morgan fingerprint density at radius 3 is 2.38 bits per heavy atom. The van der Waals surface area contributed by atoms with Crippen LogP contribution in [-0.4, -0.2) is 42.5 Å². The molecule has 222 valence electrons. The Hall–Kier alpha value is -4.40. The Kier molecular flexibility index (Phi) is 11.3. The summed E-state index contributed by atoms with van der Waals surface area (Å²) in [6.07, 6.45) is 7.20. The highest BCUT2D eigenvalue weighted by molar-refractivity contribution is 6.02. The minimum Gasteiger partial charge on any atom is -0.497 e. The highest BCUT2D eigenvalue weighted by Crippen LogP contribution is 2.36. The first-order valence-electron chi connectivity index (χ1n) is 14.7. The Morgan fingerprint density at radius 2 is 1.69 bits per heavy atom. The average Bonchev–Trinajstić information content (AvgIpc) is 3.01. The molecule has 3 amide bonds. The molecule has 42 heavy (non-hydrogen) atoms. The molecule has 1 fully saturated rings. The fourth-order valence-corrected chi connectivity index (χ4v) is 5.24. The zero-order valence-corrected chi connectivity index (χ0v) is 24.4. The van der Waals surface area contributed by atoms with Gasteiger partial charge in [-0.05, 0) is 68.1 Å². The van der Waals surface area contributed by atoms with E-state index in [1.54, 1.807) is 55.8 Å². The van der Waals surface area contributed by atoms with Crippen LogP contribution in [0.1, 0.15) is 69.9 Å². The van der Waals surface area contributed by atoms with Crippen molar-refractivity contribution in [2.24, 2.45) is 0 Å². The summed E-state index contributed by atoms with van der Waals surface area (Å²) < 4.78 is 11.3. The Bertz CT molecular complexity index is 1310. The highest BCUT2D eigenvalue weighted by Gasteiger charge is 2.35. The Balaban J connectivity index is 1.63. The molecule has 1 saturated carbocycles. The fraction of sp³-hybridized carbons (Fsp3) is 0.394. The van der Waals surface area contributed by atoms with Crippen LogP contribution >= 0.6 is 0 Å². The molecular weight excluding hydrogens is 532 g/mol. The number of amides is 3. The van der Waals surface area contributed by atoms with Gasteiger partial charge in [0.05, 0.1) is 19.4 Å². The first-order chi connectivity index (χ1) is 20.5.